The molecule has 148 valence electrons. The number of aryl methyl sites for hydroxylation is 3. The summed E-state index contributed by atoms with van der Waals surface area (Å²) >= 11 is 5.23. The van der Waals surface area contributed by atoms with E-state index in [0.717, 1.165) is 10.0 Å². The quantitative estimate of drug-likeness (QED) is 0.449. The molecule has 3 aromatic rings. The lowest BCUT2D eigenvalue weighted by Gasteiger charge is -2.12. The molecule has 0 saturated heterocycles. The molecular weight excluding hydrogens is 432 g/mol. The summed E-state index contributed by atoms with van der Waals surface area (Å²) in [6.45, 7) is 4.81. The van der Waals surface area contributed by atoms with E-state index in [1.165, 1.54) is 30.6 Å². The molecule has 0 saturated carbocycles. The second-order valence-corrected chi connectivity index (χ2v) is 11.6. The molecule has 0 amide bonds. The number of hydrogen-bond donors (Lipinski definition) is 1. The van der Waals surface area contributed by atoms with Gasteiger partial charge in [-0.05, 0) is 31.5 Å². The molecule has 0 bridgehead atoms. The summed E-state index contributed by atoms with van der Waals surface area (Å²) in [4.78, 5) is 5.88. The van der Waals surface area contributed by atoms with Crippen molar-refractivity contribution in [3.63, 3.8) is 0 Å². The zero-order chi connectivity index (χ0) is 20.1. The summed E-state index contributed by atoms with van der Waals surface area (Å²) in [5.74, 6) is -0.225. The summed E-state index contributed by atoms with van der Waals surface area (Å²) in [6.07, 6.45) is 2.56. The predicted molar refractivity (Wildman–Crippen MR) is 119 cm³/mol. The minimum Gasteiger partial charge on any atom is -0.338 e. The second kappa shape index (κ2) is 7.46. The zero-order valence-electron chi connectivity index (χ0n) is 15.8. The fourth-order valence-corrected chi connectivity index (χ4v) is 7.52. The van der Waals surface area contributed by atoms with E-state index in [2.05, 4.69) is 48.6 Å². The van der Waals surface area contributed by atoms with Crippen molar-refractivity contribution in [2.45, 2.75) is 31.7 Å². The van der Waals surface area contributed by atoms with Gasteiger partial charge in [0.2, 0.25) is 0 Å². The minimum atomic E-state index is -3.95. The van der Waals surface area contributed by atoms with E-state index in [4.69, 9.17) is 4.55 Å². The van der Waals surface area contributed by atoms with Gasteiger partial charge in [-0.25, -0.2) is 0 Å². The first-order chi connectivity index (χ1) is 13.2. The third kappa shape index (κ3) is 3.73. The van der Waals surface area contributed by atoms with Gasteiger partial charge in [0.25, 0.3) is 20.0 Å². The van der Waals surface area contributed by atoms with Crippen LogP contribution in [0.3, 0.4) is 0 Å². The second-order valence-electron chi connectivity index (χ2n) is 6.76. The molecule has 0 aliphatic carbocycles. The van der Waals surface area contributed by atoms with E-state index >= 15 is 0 Å². The van der Waals surface area contributed by atoms with Gasteiger partial charge < -0.3 is 4.90 Å². The molecule has 5 nitrogen and oxygen atoms in total. The molecule has 28 heavy (non-hydrogen) atoms. The number of thiophene rings is 1. The Balaban J connectivity index is 1.73. The highest BCUT2D eigenvalue weighted by molar-refractivity contribution is 8.03. The van der Waals surface area contributed by atoms with Gasteiger partial charge in [-0.2, -0.15) is 13.0 Å². The zero-order valence-corrected chi connectivity index (χ0v) is 19.1. The van der Waals surface area contributed by atoms with Crippen LogP contribution in [0.2, 0.25) is 0 Å². The van der Waals surface area contributed by atoms with Crippen molar-refractivity contribution in [1.29, 1.82) is 0 Å². The molecule has 1 N–H and O–H groups in total. The average molecular weight is 454 g/mol. The SMILES string of the molecule is Cc1sc2c(sc(C=C3Sc4ccccc4N3C)[n+]2CCCS(=O)(=O)O)c1C. The van der Waals surface area contributed by atoms with Gasteiger partial charge in [0.1, 0.15) is 4.70 Å². The van der Waals surface area contributed by atoms with Crippen LogP contribution in [-0.2, 0) is 16.7 Å². The van der Waals surface area contributed by atoms with Crippen LogP contribution in [0, 0.1) is 13.8 Å². The van der Waals surface area contributed by atoms with Crippen molar-refractivity contribution < 1.29 is 17.5 Å². The Hall–Kier alpha value is -1.39. The summed E-state index contributed by atoms with van der Waals surface area (Å²) in [7, 11) is -1.88. The van der Waals surface area contributed by atoms with Gasteiger partial charge in [-0.3, -0.25) is 4.55 Å². The molecule has 0 unspecified atom stereocenters. The maximum absolute atomic E-state index is 11.1. The van der Waals surface area contributed by atoms with E-state index in [-0.39, 0.29) is 5.75 Å². The molecule has 3 heterocycles. The number of thioether (sulfide) groups is 1. The van der Waals surface area contributed by atoms with Crippen LogP contribution in [0.15, 0.2) is 34.2 Å². The summed E-state index contributed by atoms with van der Waals surface area (Å²) in [6, 6.07) is 8.33. The lowest BCUT2D eigenvalue weighted by Crippen LogP contribution is -2.35. The molecule has 1 aliphatic rings. The number of aromatic nitrogens is 1. The smallest absolute Gasteiger partial charge is 0.280 e. The van der Waals surface area contributed by atoms with Gasteiger partial charge in [0.15, 0.2) is 6.54 Å². The number of fused-ring (bicyclic) bond motifs is 2. The number of nitrogens with zero attached hydrogens (tertiary/aromatic N) is 2. The molecule has 4 rings (SSSR count). The molecule has 0 atom stereocenters. The Labute approximate surface area is 177 Å². The van der Waals surface area contributed by atoms with Crippen molar-refractivity contribution in [3.05, 3.63) is 44.7 Å². The van der Waals surface area contributed by atoms with E-state index in [1.54, 1.807) is 34.4 Å². The Morgan fingerprint density at radius 3 is 2.68 bits per heavy atom. The summed E-state index contributed by atoms with van der Waals surface area (Å²) in [5, 5.41) is 2.25. The highest BCUT2D eigenvalue weighted by atomic mass is 32.2. The van der Waals surface area contributed by atoms with Crippen molar-refractivity contribution in [1.82, 2.24) is 0 Å². The van der Waals surface area contributed by atoms with E-state index in [0.29, 0.717) is 13.0 Å². The first-order valence-electron chi connectivity index (χ1n) is 8.84. The third-order valence-electron chi connectivity index (χ3n) is 4.83. The predicted octanol–water partition coefficient (Wildman–Crippen LogP) is 4.69. The van der Waals surface area contributed by atoms with E-state index < -0.39 is 10.1 Å². The molecule has 1 aromatic carbocycles. The fourth-order valence-electron chi connectivity index (χ4n) is 3.22. The molecule has 0 fully saturated rings. The lowest BCUT2D eigenvalue weighted by atomic mass is 10.3. The topological polar surface area (TPSA) is 61.5 Å². The Bertz CT molecular complexity index is 1190. The summed E-state index contributed by atoms with van der Waals surface area (Å²) in [5.41, 5.74) is 2.48. The minimum absolute atomic E-state index is 0.225. The largest absolute Gasteiger partial charge is 0.338 e. The number of hydrogen-bond acceptors (Lipinski definition) is 6. The standard InChI is InChI=1S/C19H20N2O3S4/c1-12-13(2)25-19-18(12)27-17(21(19)9-6-10-28(22,23)24)11-16-20(3)14-7-4-5-8-15(14)26-16/h4-5,7-8,11H,6,9-10H2,1-3H3/p+1. The molecule has 1 aliphatic heterocycles. The van der Waals surface area contributed by atoms with Crippen LogP contribution in [0.4, 0.5) is 5.69 Å². The lowest BCUT2D eigenvalue weighted by molar-refractivity contribution is -0.666. The van der Waals surface area contributed by atoms with Crippen LogP contribution in [0.1, 0.15) is 21.9 Å². The maximum Gasteiger partial charge on any atom is 0.280 e. The Morgan fingerprint density at radius 1 is 1.21 bits per heavy atom. The highest BCUT2D eigenvalue weighted by Gasteiger charge is 2.27. The van der Waals surface area contributed by atoms with Crippen LogP contribution in [0.25, 0.3) is 15.6 Å². The number of thiazole rings is 1. The third-order valence-corrected chi connectivity index (χ3v) is 9.41. The Kier molecular flexibility index (Phi) is 5.30. The maximum atomic E-state index is 11.1. The molecule has 0 radical (unpaired) electrons. The van der Waals surface area contributed by atoms with Crippen molar-refractivity contribution in [3.8, 4) is 0 Å². The van der Waals surface area contributed by atoms with Gasteiger partial charge in [0.05, 0.1) is 22.5 Å². The average Bonchev–Trinajstić information content (AvgIpc) is 3.22. The monoisotopic (exact) mass is 453 g/mol. The normalized spacial score (nSPS) is 15.7. The van der Waals surface area contributed by atoms with Crippen molar-refractivity contribution in [2.75, 3.05) is 17.7 Å². The molecule has 2 aromatic heterocycles. The van der Waals surface area contributed by atoms with Gasteiger partial charge >= 0.3 is 0 Å². The fraction of sp³-hybridized carbons (Fsp3) is 0.316. The van der Waals surface area contributed by atoms with E-state index in [1.807, 2.05) is 12.1 Å². The molecule has 9 heteroatoms. The summed E-state index contributed by atoms with van der Waals surface area (Å²) < 4.78 is 34.8. The molecule has 0 spiro atoms. The van der Waals surface area contributed by atoms with Crippen molar-refractivity contribution in [2.24, 2.45) is 0 Å². The number of rotatable bonds is 5. The first kappa shape index (κ1) is 19.9. The molecular formula is C19H21N2O3S4+. The first-order valence-corrected chi connectivity index (χ1v) is 12.9. The van der Waals surface area contributed by atoms with Crippen LogP contribution >= 0.6 is 34.4 Å². The Morgan fingerprint density at radius 2 is 1.96 bits per heavy atom. The van der Waals surface area contributed by atoms with Gasteiger partial charge in [0, 0.05) is 23.2 Å². The number of benzene rings is 1. The van der Waals surface area contributed by atoms with Crippen LogP contribution < -0.4 is 9.47 Å². The van der Waals surface area contributed by atoms with E-state index in [9.17, 15) is 8.42 Å². The van der Waals surface area contributed by atoms with Gasteiger partial charge in [-0.15, -0.1) is 0 Å². The number of anilines is 1. The van der Waals surface area contributed by atoms with Crippen molar-refractivity contribution >= 4 is 65.8 Å². The van der Waals surface area contributed by atoms with Gasteiger partial charge in [-0.1, -0.05) is 46.6 Å². The van der Waals surface area contributed by atoms with Crippen LogP contribution in [0.5, 0.6) is 0 Å². The highest BCUT2D eigenvalue weighted by Crippen LogP contribution is 2.46. The van der Waals surface area contributed by atoms with Crippen LogP contribution in [-0.4, -0.2) is 25.8 Å². The number of para-hydroxylation sites is 1.